The molecule has 7 heteroatoms. The molecule has 0 radical (unpaired) electrons. The highest BCUT2D eigenvalue weighted by atomic mass is 16.6. The summed E-state index contributed by atoms with van der Waals surface area (Å²) in [6.45, 7) is 11.1. The molecule has 1 aliphatic rings. The molecule has 1 aromatic rings. The molecule has 154 valence electrons. The second-order valence-electron chi connectivity index (χ2n) is 8.96. The number of ether oxygens (including phenoxy) is 2. The van der Waals surface area contributed by atoms with Crippen molar-refractivity contribution in [2.24, 2.45) is 0 Å². The normalized spacial score (nSPS) is 19.9. The van der Waals surface area contributed by atoms with Crippen LogP contribution in [0.5, 0.6) is 0 Å². The number of hydrogen-bond donors (Lipinski definition) is 1. The third-order valence-electron chi connectivity index (χ3n) is 4.01. The van der Waals surface area contributed by atoms with Crippen LogP contribution >= 0.6 is 0 Å². The standard InChI is InChI=1S/C21H30N2O5/c1-20(2,3)22-17(24)16-15(27-18(25)14-10-8-7-9-11-14)12-13-23(16)19(26)28-21(4,5)6/h7-11,15-16H,12-13H2,1-6H3,(H,22,24)/t15?,16-/m0/s1. The fraction of sp³-hybridized carbons (Fsp3) is 0.571. The van der Waals surface area contributed by atoms with E-state index in [0.29, 0.717) is 12.0 Å². The monoisotopic (exact) mass is 390 g/mol. The van der Waals surface area contributed by atoms with Gasteiger partial charge in [-0.05, 0) is 53.7 Å². The van der Waals surface area contributed by atoms with Gasteiger partial charge in [-0.25, -0.2) is 9.59 Å². The van der Waals surface area contributed by atoms with Crippen LogP contribution in [-0.4, -0.2) is 52.7 Å². The Labute approximate surface area is 166 Å². The van der Waals surface area contributed by atoms with E-state index in [-0.39, 0.29) is 12.5 Å². The molecule has 0 bridgehead atoms. The van der Waals surface area contributed by atoms with Crippen molar-refractivity contribution in [2.75, 3.05) is 6.54 Å². The van der Waals surface area contributed by atoms with E-state index >= 15 is 0 Å². The van der Waals surface area contributed by atoms with E-state index in [1.165, 1.54) is 4.90 Å². The molecule has 1 saturated heterocycles. The molecular weight excluding hydrogens is 360 g/mol. The summed E-state index contributed by atoms with van der Waals surface area (Å²) in [5.41, 5.74) is -0.790. The predicted octanol–water partition coefficient (Wildman–Crippen LogP) is 3.14. The first kappa shape index (κ1) is 21.7. The summed E-state index contributed by atoms with van der Waals surface area (Å²) >= 11 is 0. The maximum atomic E-state index is 12.9. The predicted molar refractivity (Wildman–Crippen MR) is 105 cm³/mol. The Morgan fingerprint density at radius 2 is 1.64 bits per heavy atom. The molecule has 28 heavy (non-hydrogen) atoms. The molecule has 1 aromatic carbocycles. The van der Waals surface area contributed by atoms with Crippen LogP contribution in [0.1, 0.15) is 58.3 Å². The average Bonchev–Trinajstić information content (AvgIpc) is 2.96. The maximum absolute atomic E-state index is 12.9. The molecule has 1 heterocycles. The zero-order chi connectivity index (χ0) is 21.1. The van der Waals surface area contributed by atoms with E-state index in [2.05, 4.69) is 5.32 Å². The third kappa shape index (κ3) is 5.97. The van der Waals surface area contributed by atoms with Crippen molar-refractivity contribution >= 4 is 18.0 Å². The van der Waals surface area contributed by atoms with Gasteiger partial charge in [-0.2, -0.15) is 0 Å². The number of nitrogens with zero attached hydrogens (tertiary/aromatic N) is 1. The van der Waals surface area contributed by atoms with Gasteiger partial charge in [-0.1, -0.05) is 18.2 Å². The molecule has 1 unspecified atom stereocenters. The van der Waals surface area contributed by atoms with E-state index in [9.17, 15) is 14.4 Å². The Morgan fingerprint density at radius 1 is 1.04 bits per heavy atom. The van der Waals surface area contributed by atoms with Gasteiger partial charge in [0.2, 0.25) is 5.91 Å². The summed E-state index contributed by atoms with van der Waals surface area (Å²) in [4.78, 5) is 39.4. The molecular formula is C21H30N2O5. The lowest BCUT2D eigenvalue weighted by Crippen LogP contribution is -2.55. The Hall–Kier alpha value is -2.57. The number of hydrogen-bond acceptors (Lipinski definition) is 5. The molecule has 1 fully saturated rings. The summed E-state index contributed by atoms with van der Waals surface area (Å²) in [7, 11) is 0. The van der Waals surface area contributed by atoms with Crippen molar-refractivity contribution in [3.05, 3.63) is 35.9 Å². The maximum Gasteiger partial charge on any atom is 0.411 e. The van der Waals surface area contributed by atoms with E-state index in [1.54, 1.807) is 51.1 Å². The Bertz CT molecular complexity index is 719. The first-order valence-electron chi connectivity index (χ1n) is 9.45. The van der Waals surface area contributed by atoms with Gasteiger partial charge in [-0.15, -0.1) is 0 Å². The quantitative estimate of drug-likeness (QED) is 0.802. The number of amides is 2. The van der Waals surface area contributed by atoms with Gasteiger partial charge in [0.05, 0.1) is 5.56 Å². The zero-order valence-corrected chi connectivity index (χ0v) is 17.4. The van der Waals surface area contributed by atoms with Crippen molar-refractivity contribution in [1.82, 2.24) is 10.2 Å². The van der Waals surface area contributed by atoms with Crippen LogP contribution in [0.3, 0.4) is 0 Å². The summed E-state index contributed by atoms with van der Waals surface area (Å²) in [5, 5.41) is 2.87. The molecule has 2 amide bonds. The minimum Gasteiger partial charge on any atom is -0.456 e. The van der Waals surface area contributed by atoms with Crippen LogP contribution in [0, 0.1) is 0 Å². The van der Waals surface area contributed by atoms with E-state index in [0.717, 1.165) is 0 Å². The second kappa shape index (κ2) is 8.20. The van der Waals surface area contributed by atoms with Gasteiger partial charge in [0.25, 0.3) is 0 Å². The van der Waals surface area contributed by atoms with Crippen molar-refractivity contribution in [3.63, 3.8) is 0 Å². The van der Waals surface area contributed by atoms with Crippen molar-refractivity contribution in [2.45, 2.75) is 71.2 Å². The summed E-state index contributed by atoms with van der Waals surface area (Å²) in [5.74, 6) is -0.896. The van der Waals surface area contributed by atoms with Crippen molar-refractivity contribution in [1.29, 1.82) is 0 Å². The van der Waals surface area contributed by atoms with E-state index in [4.69, 9.17) is 9.47 Å². The summed E-state index contributed by atoms with van der Waals surface area (Å²) in [6, 6.07) is 7.63. The SMILES string of the molecule is CC(C)(C)NC(=O)[C@@H]1C(OC(=O)c2ccccc2)CCN1C(=O)OC(C)(C)C. The molecule has 0 saturated carbocycles. The highest BCUT2D eigenvalue weighted by molar-refractivity contribution is 5.91. The second-order valence-corrected chi connectivity index (χ2v) is 8.96. The van der Waals surface area contributed by atoms with Crippen molar-refractivity contribution < 1.29 is 23.9 Å². The van der Waals surface area contributed by atoms with Crippen LogP contribution in [-0.2, 0) is 14.3 Å². The molecule has 2 atom stereocenters. The number of carbonyl (C=O) groups is 3. The number of esters is 1. The van der Waals surface area contributed by atoms with Crippen molar-refractivity contribution in [3.8, 4) is 0 Å². The lowest BCUT2D eigenvalue weighted by Gasteiger charge is -2.31. The Balaban J connectivity index is 2.22. The molecule has 2 rings (SSSR count). The molecule has 0 spiro atoms. The Morgan fingerprint density at radius 3 is 2.18 bits per heavy atom. The van der Waals surface area contributed by atoms with Gasteiger partial charge < -0.3 is 14.8 Å². The third-order valence-corrected chi connectivity index (χ3v) is 4.01. The van der Waals surface area contributed by atoms with Gasteiger partial charge in [-0.3, -0.25) is 9.69 Å². The summed E-state index contributed by atoms with van der Waals surface area (Å²) < 4.78 is 11.0. The molecule has 0 aromatic heterocycles. The number of likely N-dealkylation sites (tertiary alicyclic amines) is 1. The van der Waals surface area contributed by atoms with Crippen LogP contribution in [0.4, 0.5) is 4.79 Å². The van der Waals surface area contributed by atoms with Crippen LogP contribution in [0.15, 0.2) is 30.3 Å². The van der Waals surface area contributed by atoms with Crippen LogP contribution in [0.2, 0.25) is 0 Å². The lowest BCUT2D eigenvalue weighted by atomic mass is 10.1. The highest BCUT2D eigenvalue weighted by Crippen LogP contribution is 2.25. The van der Waals surface area contributed by atoms with Gasteiger partial charge in [0.15, 0.2) is 6.04 Å². The minimum atomic E-state index is -0.943. The summed E-state index contributed by atoms with van der Waals surface area (Å²) in [6.07, 6.45) is -0.984. The smallest absolute Gasteiger partial charge is 0.411 e. The van der Waals surface area contributed by atoms with Gasteiger partial charge in [0, 0.05) is 18.5 Å². The van der Waals surface area contributed by atoms with Gasteiger partial charge in [0.1, 0.15) is 11.7 Å². The minimum absolute atomic E-state index is 0.268. The van der Waals surface area contributed by atoms with Gasteiger partial charge >= 0.3 is 12.1 Å². The first-order chi connectivity index (χ1) is 12.9. The number of nitrogens with one attached hydrogen (secondary N) is 1. The topological polar surface area (TPSA) is 84.9 Å². The van der Waals surface area contributed by atoms with E-state index < -0.39 is 35.3 Å². The molecule has 1 aliphatic heterocycles. The number of carbonyl (C=O) groups excluding carboxylic acids is 3. The first-order valence-corrected chi connectivity index (χ1v) is 9.45. The lowest BCUT2D eigenvalue weighted by molar-refractivity contribution is -0.129. The molecule has 7 nitrogen and oxygen atoms in total. The van der Waals surface area contributed by atoms with Crippen LogP contribution < -0.4 is 5.32 Å². The number of benzene rings is 1. The average molecular weight is 390 g/mol. The fourth-order valence-corrected chi connectivity index (χ4v) is 2.95. The number of rotatable bonds is 3. The zero-order valence-electron chi connectivity index (χ0n) is 17.4. The molecule has 0 aliphatic carbocycles. The van der Waals surface area contributed by atoms with E-state index in [1.807, 2.05) is 20.8 Å². The highest BCUT2D eigenvalue weighted by Gasteiger charge is 2.46. The van der Waals surface area contributed by atoms with Crippen LogP contribution in [0.25, 0.3) is 0 Å². The largest absolute Gasteiger partial charge is 0.456 e. The fourth-order valence-electron chi connectivity index (χ4n) is 2.95. The Kier molecular flexibility index (Phi) is 6.37. The molecule has 1 N–H and O–H groups in total.